The summed E-state index contributed by atoms with van der Waals surface area (Å²) in [4.78, 5) is 44.5. The van der Waals surface area contributed by atoms with Crippen molar-refractivity contribution in [3.63, 3.8) is 0 Å². The van der Waals surface area contributed by atoms with Gasteiger partial charge in [-0.3, -0.25) is 14.4 Å². The Morgan fingerprint density at radius 2 is 1.35 bits per heavy atom. The summed E-state index contributed by atoms with van der Waals surface area (Å²) >= 11 is 0. The van der Waals surface area contributed by atoms with Crippen molar-refractivity contribution in [3.05, 3.63) is 150 Å². The molecule has 0 saturated heterocycles. The van der Waals surface area contributed by atoms with Crippen molar-refractivity contribution in [2.24, 2.45) is 0 Å². The summed E-state index contributed by atoms with van der Waals surface area (Å²) in [6.07, 6.45) is 33.8. The Balaban J connectivity index is 1.21. The van der Waals surface area contributed by atoms with Gasteiger partial charge in [0, 0.05) is 54.1 Å². The molecule has 0 bridgehead atoms. The second-order valence-electron chi connectivity index (χ2n) is 14.0. The van der Waals surface area contributed by atoms with E-state index in [0.29, 0.717) is 18.5 Å². The first-order valence-corrected chi connectivity index (χ1v) is 19.2. The van der Waals surface area contributed by atoms with E-state index in [1.807, 2.05) is 50.3 Å². The highest BCUT2D eigenvalue weighted by Crippen LogP contribution is 2.40. The average Bonchev–Trinajstić information content (AvgIpc) is 3.52. The van der Waals surface area contributed by atoms with E-state index in [1.54, 1.807) is 0 Å². The highest BCUT2D eigenvalue weighted by Gasteiger charge is 2.37. The van der Waals surface area contributed by atoms with E-state index >= 15 is 0 Å². The van der Waals surface area contributed by atoms with Crippen LogP contribution in [-0.2, 0) is 15.0 Å². The van der Waals surface area contributed by atoms with Crippen LogP contribution in [0.15, 0.2) is 122 Å². The molecule has 7 nitrogen and oxygen atoms in total. The number of carbonyl (C=O) groups is 3. The van der Waals surface area contributed by atoms with E-state index in [-0.39, 0.29) is 36.7 Å². The van der Waals surface area contributed by atoms with E-state index in [1.165, 1.54) is 17.2 Å². The molecule has 3 N–H and O–H groups in total. The number of nitrogens with zero attached hydrogens (tertiary/aromatic N) is 1. The number of aromatic nitrogens is 1. The van der Waals surface area contributed by atoms with Crippen LogP contribution >= 0.6 is 0 Å². The van der Waals surface area contributed by atoms with E-state index in [0.717, 1.165) is 67.1 Å². The van der Waals surface area contributed by atoms with Gasteiger partial charge in [-0.2, -0.15) is 0 Å². The van der Waals surface area contributed by atoms with Crippen LogP contribution in [0, 0.1) is 11.6 Å². The Bertz CT molecular complexity index is 1980. The average molecular weight is 749 g/mol. The van der Waals surface area contributed by atoms with Gasteiger partial charge < -0.3 is 20.5 Å². The second kappa shape index (κ2) is 22.0. The number of carbonyl (C=O) groups excluding carboxylic acids is 3. The van der Waals surface area contributed by atoms with Gasteiger partial charge in [-0.05, 0) is 74.8 Å². The lowest BCUT2D eigenvalue weighted by Crippen LogP contribution is -2.37. The van der Waals surface area contributed by atoms with Crippen LogP contribution in [0.25, 0.3) is 16.5 Å². The molecule has 0 spiro atoms. The zero-order valence-corrected chi connectivity index (χ0v) is 32.3. The van der Waals surface area contributed by atoms with Gasteiger partial charge in [0.25, 0.3) is 11.8 Å². The second-order valence-corrected chi connectivity index (χ2v) is 14.0. The Hall–Kier alpha value is -5.57. The monoisotopic (exact) mass is 748 g/mol. The van der Waals surface area contributed by atoms with Crippen LogP contribution in [0.4, 0.5) is 8.78 Å². The molecule has 1 aliphatic heterocycles. The fourth-order valence-electron chi connectivity index (χ4n) is 6.33. The van der Waals surface area contributed by atoms with Gasteiger partial charge in [0.2, 0.25) is 5.91 Å². The molecule has 2 heterocycles. The lowest BCUT2D eigenvalue weighted by atomic mass is 9.81. The Labute approximate surface area is 324 Å². The first kappa shape index (κ1) is 42.2. The summed E-state index contributed by atoms with van der Waals surface area (Å²) in [6, 6.07) is 10.7. The van der Waals surface area contributed by atoms with Crippen molar-refractivity contribution in [2.75, 3.05) is 19.6 Å². The first-order chi connectivity index (χ1) is 26.6. The van der Waals surface area contributed by atoms with Crippen LogP contribution in [0.2, 0.25) is 0 Å². The van der Waals surface area contributed by atoms with Crippen molar-refractivity contribution in [2.45, 2.75) is 77.6 Å². The highest BCUT2D eigenvalue weighted by molar-refractivity contribution is 6.21. The third-order valence-electron chi connectivity index (χ3n) is 9.04. The molecule has 1 aliphatic rings. The Morgan fingerprint density at radius 1 is 0.764 bits per heavy atom. The molecular formula is C46H54F2N4O3. The number of hydrogen-bond acceptors (Lipinski definition) is 3. The molecule has 3 aromatic rings. The van der Waals surface area contributed by atoms with Crippen molar-refractivity contribution < 1.29 is 23.2 Å². The summed E-state index contributed by atoms with van der Waals surface area (Å²) in [5.74, 6) is -3.31. The number of halogens is 2. The van der Waals surface area contributed by atoms with Crippen LogP contribution < -0.4 is 10.6 Å². The van der Waals surface area contributed by atoms with E-state index < -0.39 is 28.9 Å². The van der Waals surface area contributed by atoms with Gasteiger partial charge in [-0.25, -0.2) is 8.78 Å². The van der Waals surface area contributed by atoms with Crippen LogP contribution in [0.1, 0.15) is 93.8 Å². The van der Waals surface area contributed by atoms with Gasteiger partial charge in [-0.1, -0.05) is 112 Å². The largest absolute Gasteiger partial charge is 0.354 e. The summed E-state index contributed by atoms with van der Waals surface area (Å²) in [6.45, 7) is 6.66. The molecule has 1 aromatic heterocycles. The number of para-hydroxylation sites is 1. The molecule has 0 unspecified atom stereocenters. The van der Waals surface area contributed by atoms with Gasteiger partial charge >= 0.3 is 0 Å². The minimum Gasteiger partial charge on any atom is -0.354 e. The molecule has 0 fully saturated rings. The third kappa shape index (κ3) is 13.1. The van der Waals surface area contributed by atoms with Crippen LogP contribution in [-0.4, -0.2) is 47.2 Å². The lowest BCUT2D eigenvalue weighted by molar-refractivity contribution is -0.121. The number of fused-ring (bicyclic) bond motifs is 3. The maximum absolute atomic E-state index is 14.1. The van der Waals surface area contributed by atoms with Crippen molar-refractivity contribution in [3.8, 4) is 0 Å². The number of rotatable bonds is 19. The molecule has 9 heteroatoms. The van der Waals surface area contributed by atoms with E-state index in [4.69, 9.17) is 0 Å². The predicted octanol–water partition coefficient (Wildman–Crippen LogP) is 9.93. The van der Waals surface area contributed by atoms with Gasteiger partial charge in [0.05, 0.1) is 11.3 Å². The summed E-state index contributed by atoms with van der Waals surface area (Å²) in [5, 5.41) is 6.64. The lowest BCUT2D eigenvalue weighted by Gasteiger charge is -2.29. The Morgan fingerprint density at radius 3 is 1.96 bits per heavy atom. The van der Waals surface area contributed by atoms with E-state index in [2.05, 4.69) is 83.3 Å². The van der Waals surface area contributed by atoms with Gasteiger partial charge in [-0.15, -0.1) is 0 Å². The molecule has 290 valence electrons. The standard InChI is InChI=1S/C46H54F2N4O3/c1-4-5-6-7-8-9-10-11-12-13-14-15-16-17-18-19-20-21-22-27-41(53)49-30-31-50-44(54)37-33-52(45(55)35-28-29-38(47)39(48)32-35)34-46(2,3)42-36-25-23-24-26-40(36)51-43(37)42/h5-6,8-9,11-12,14-15,17-18,20-21,23-26,28-29,32-33,51H,4,7,10,13,16,19,22,27,30-31,34H2,1-3H3,(H,49,53)(H,50,54)/b6-5-,9-8-,12-11-,15-14-,18-17-,21-20-. The minimum absolute atomic E-state index is 0.0344. The molecule has 55 heavy (non-hydrogen) atoms. The van der Waals surface area contributed by atoms with Crippen LogP contribution in [0.3, 0.4) is 0 Å². The number of hydrogen-bond donors (Lipinski definition) is 3. The topological polar surface area (TPSA) is 94.3 Å². The van der Waals surface area contributed by atoms with Gasteiger partial charge in [0.15, 0.2) is 11.6 Å². The maximum atomic E-state index is 14.1. The zero-order chi connectivity index (χ0) is 39.5. The molecule has 0 radical (unpaired) electrons. The number of H-pyrrole nitrogens is 1. The fourth-order valence-corrected chi connectivity index (χ4v) is 6.33. The minimum atomic E-state index is -1.13. The van der Waals surface area contributed by atoms with Gasteiger partial charge in [0.1, 0.15) is 0 Å². The molecule has 4 rings (SSSR count). The smallest absolute Gasteiger partial charge is 0.257 e. The molecule has 0 aliphatic carbocycles. The predicted molar refractivity (Wildman–Crippen MR) is 220 cm³/mol. The third-order valence-corrected chi connectivity index (χ3v) is 9.04. The summed E-state index contributed by atoms with van der Waals surface area (Å²) in [7, 11) is 0. The number of amides is 3. The molecule has 0 atom stereocenters. The molecule has 3 amide bonds. The fraction of sp³-hybridized carbons (Fsp3) is 0.326. The number of benzene rings is 2. The molecular weight excluding hydrogens is 695 g/mol. The quantitative estimate of drug-likeness (QED) is 0.0842. The van der Waals surface area contributed by atoms with Crippen LogP contribution in [0.5, 0.6) is 0 Å². The summed E-state index contributed by atoms with van der Waals surface area (Å²) < 4.78 is 27.7. The summed E-state index contributed by atoms with van der Waals surface area (Å²) in [5.41, 5.74) is 1.85. The molecule has 0 saturated carbocycles. The van der Waals surface area contributed by atoms with E-state index in [9.17, 15) is 23.2 Å². The maximum Gasteiger partial charge on any atom is 0.257 e. The van der Waals surface area contributed by atoms with Crippen molar-refractivity contribution >= 4 is 34.2 Å². The first-order valence-electron chi connectivity index (χ1n) is 19.2. The SMILES string of the molecule is CC/C=C\C/C=C\C/C=C\C/C=C\C/C=C\C/C=C\CCC(=O)NCCNC(=O)C1=CN(C(=O)c2ccc(F)c(F)c2)CC(C)(C)c2c1[nH]c1ccccc21. The normalized spacial score (nSPS) is 14.6. The van der Waals surface area contributed by atoms with Crippen molar-refractivity contribution in [1.29, 1.82) is 0 Å². The zero-order valence-electron chi connectivity index (χ0n) is 32.3. The Kier molecular flexibility index (Phi) is 16.8. The molecule has 2 aromatic carbocycles. The highest BCUT2D eigenvalue weighted by atomic mass is 19.2. The number of nitrogens with one attached hydrogen (secondary N) is 3. The number of aromatic amines is 1. The van der Waals surface area contributed by atoms with Crippen molar-refractivity contribution in [1.82, 2.24) is 20.5 Å². The number of allylic oxidation sites excluding steroid dienone is 12.